The van der Waals surface area contributed by atoms with E-state index in [-0.39, 0.29) is 18.4 Å². The van der Waals surface area contributed by atoms with Gasteiger partial charge in [-0.1, -0.05) is 30.3 Å². The monoisotopic (exact) mass is 284 g/mol. The molecule has 0 aliphatic carbocycles. The molecule has 2 aromatic rings. The highest BCUT2D eigenvalue weighted by Crippen LogP contribution is 2.11. The molecule has 1 fully saturated rings. The van der Waals surface area contributed by atoms with Crippen molar-refractivity contribution in [3.05, 3.63) is 54.1 Å². The van der Waals surface area contributed by atoms with Gasteiger partial charge in [0.05, 0.1) is 18.6 Å². The molecule has 3 rings (SSSR count). The Bertz CT molecular complexity index is 624. The van der Waals surface area contributed by atoms with E-state index >= 15 is 0 Å². The first-order valence-corrected chi connectivity index (χ1v) is 6.82. The van der Waals surface area contributed by atoms with Gasteiger partial charge in [0.15, 0.2) is 0 Å². The molecular weight excluding hydrogens is 268 g/mol. The van der Waals surface area contributed by atoms with Gasteiger partial charge in [-0.05, 0) is 5.56 Å². The smallest absolute Gasteiger partial charge is 0.246 e. The van der Waals surface area contributed by atoms with Crippen LogP contribution in [0.4, 0.5) is 0 Å². The molecule has 0 saturated carbocycles. The van der Waals surface area contributed by atoms with E-state index in [0.29, 0.717) is 13.0 Å². The quantitative estimate of drug-likeness (QED) is 0.857. The molecule has 0 spiro atoms. The van der Waals surface area contributed by atoms with Gasteiger partial charge in [0.1, 0.15) is 6.04 Å². The molecule has 2 N–H and O–H groups in total. The number of H-pyrrole nitrogens is 1. The number of carbonyl (C=O) groups is 2. The van der Waals surface area contributed by atoms with Crippen molar-refractivity contribution in [2.24, 2.45) is 0 Å². The number of aromatic nitrogens is 2. The molecule has 0 radical (unpaired) electrons. The fourth-order valence-corrected chi connectivity index (χ4v) is 2.46. The molecule has 0 bridgehead atoms. The molecule has 1 saturated heterocycles. The predicted molar refractivity (Wildman–Crippen MR) is 76.1 cm³/mol. The van der Waals surface area contributed by atoms with Crippen LogP contribution in [0.15, 0.2) is 42.9 Å². The molecule has 1 atom stereocenters. The fourth-order valence-electron chi connectivity index (χ4n) is 2.46. The van der Waals surface area contributed by atoms with Crippen molar-refractivity contribution >= 4 is 11.8 Å². The number of piperazine rings is 1. The van der Waals surface area contributed by atoms with Gasteiger partial charge in [-0.3, -0.25) is 9.59 Å². The van der Waals surface area contributed by atoms with Gasteiger partial charge in [0.25, 0.3) is 0 Å². The summed E-state index contributed by atoms with van der Waals surface area (Å²) in [4.78, 5) is 32.8. The first-order chi connectivity index (χ1) is 10.2. The van der Waals surface area contributed by atoms with Crippen LogP contribution in [-0.2, 0) is 22.6 Å². The summed E-state index contributed by atoms with van der Waals surface area (Å²) in [5.41, 5.74) is 1.77. The molecular formula is C15H16N4O2. The third-order valence-corrected chi connectivity index (χ3v) is 3.46. The third-order valence-electron chi connectivity index (χ3n) is 3.46. The lowest BCUT2D eigenvalue weighted by atomic mass is 10.1. The maximum Gasteiger partial charge on any atom is 0.246 e. The minimum Gasteiger partial charge on any atom is -0.351 e. The number of hydrogen-bond donors (Lipinski definition) is 2. The van der Waals surface area contributed by atoms with E-state index in [2.05, 4.69) is 15.3 Å². The Kier molecular flexibility index (Phi) is 3.68. The largest absolute Gasteiger partial charge is 0.351 e. The highest BCUT2D eigenvalue weighted by Gasteiger charge is 2.32. The van der Waals surface area contributed by atoms with E-state index in [1.165, 1.54) is 0 Å². The van der Waals surface area contributed by atoms with Crippen molar-refractivity contribution in [1.82, 2.24) is 20.2 Å². The molecule has 108 valence electrons. The van der Waals surface area contributed by atoms with Crippen LogP contribution in [0.2, 0.25) is 0 Å². The summed E-state index contributed by atoms with van der Waals surface area (Å²) in [6.07, 6.45) is 3.70. The lowest BCUT2D eigenvalue weighted by molar-refractivity contribution is -0.144. The minimum absolute atomic E-state index is 0.0681. The third kappa shape index (κ3) is 3.10. The zero-order valence-electron chi connectivity index (χ0n) is 11.5. The van der Waals surface area contributed by atoms with Crippen LogP contribution in [0.1, 0.15) is 11.3 Å². The summed E-state index contributed by atoms with van der Waals surface area (Å²) in [5, 5.41) is 2.74. The number of amides is 2. The van der Waals surface area contributed by atoms with E-state index < -0.39 is 6.04 Å². The molecule has 6 nitrogen and oxygen atoms in total. The van der Waals surface area contributed by atoms with E-state index in [1.807, 2.05) is 30.3 Å². The number of nitrogens with one attached hydrogen (secondary N) is 2. The molecule has 1 aliphatic rings. The van der Waals surface area contributed by atoms with Gasteiger partial charge < -0.3 is 15.2 Å². The fraction of sp³-hybridized carbons (Fsp3) is 0.267. The molecule has 1 aromatic heterocycles. The van der Waals surface area contributed by atoms with Crippen LogP contribution in [-0.4, -0.2) is 39.3 Å². The van der Waals surface area contributed by atoms with Crippen LogP contribution in [0, 0.1) is 0 Å². The summed E-state index contributed by atoms with van der Waals surface area (Å²) in [6, 6.07) is 9.12. The molecule has 2 heterocycles. The van der Waals surface area contributed by atoms with Gasteiger partial charge in [-0.25, -0.2) is 4.98 Å². The molecule has 1 aliphatic heterocycles. The topological polar surface area (TPSA) is 78.1 Å². The number of rotatable bonds is 4. The average molecular weight is 284 g/mol. The van der Waals surface area contributed by atoms with Crippen LogP contribution in [0.5, 0.6) is 0 Å². The Hall–Kier alpha value is -2.63. The van der Waals surface area contributed by atoms with Crippen LogP contribution >= 0.6 is 0 Å². The maximum atomic E-state index is 12.5. The Labute approximate surface area is 122 Å². The molecule has 0 unspecified atom stereocenters. The Morgan fingerprint density at radius 1 is 1.24 bits per heavy atom. The summed E-state index contributed by atoms with van der Waals surface area (Å²) < 4.78 is 0. The highest BCUT2D eigenvalue weighted by molar-refractivity contribution is 5.94. The zero-order valence-corrected chi connectivity index (χ0v) is 11.5. The van der Waals surface area contributed by atoms with E-state index in [1.54, 1.807) is 17.4 Å². The van der Waals surface area contributed by atoms with E-state index in [4.69, 9.17) is 0 Å². The molecule has 6 heteroatoms. The summed E-state index contributed by atoms with van der Waals surface area (Å²) in [5.74, 6) is -0.201. The lowest BCUT2D eigenvalue weighted by Gasteiger charge is -2.32. The van der Waals surface area contributed by atoms with Crippen molar-refractivity contribution in [3.8, 4) is 0 Å². The summed E-state index contributed by atoms with van der Waals surface area (Å²) in [7, 11) is 0. The second-order valence-corrected chi connectivity index (χ2v) is 5.06. The maximum absolute atomic E-state index is 12.5. The second kappa shape index (κ2) is 5.78. The van der Waals surface area contributed by atoms with Crippen LogP contribution < -0.4 is 5.32 Å². The first kappa shape index (κ1) is 13.4. The van der Waals surface area contributed by atoms with Gasteiger partial charge in [-0.2, -0.15) is 0 Å². The van der Waals surface area contributed by atoms with Crippen molar-refractivity contribution in [1.29, 1.82) is 0 Å². The molecule has 2 amide bonds. The highest BCUT2D eigenvalue weighted by atomic mass is 16.2. The van der Waals surface area contributed by atoms with Crippen molar-refractivity contribution < 1.29 is 9.59 Å². The lowest BCUT2D eigenvalue weighted by Crippen LogP contribution is -2.58. The Morgan fingerprint density at radius 2 is 2.05 bits per heavy atom. The van der Waals surface area contributed by atoms with Crippen molar-refractivity contribution in [3.63, 3.8) is 0 Å². The average Bonchev–Trinajstić information content (AvgIpc) is 2.98. The van der Waals surface area contributed by atoms with E-state index in [0.717, 1.165) is 11.3 Å². The number of hydrogen-bond acceptors (Lipinski definition) is 3. The Balaban J connectivity index is 1.72. The molecule has 21 heavy (non-hydrogen) atoms. The summed E-state index contributed by atoms with van der Waals surface area (Å²) in [6.45, 7) is 0.551. The minimum atomic E-state index is -0.543. The predicted octanol–water partition coefficient (Wildman–Crippen LogP) is 0.479. The van der Waals surface area contributed by atoms with Crippen LogP contribution in [0.3, 0.4) is 0 Å². The van der Waals surface area contributed by atoms with Gasteiger partial charge in [0, 0.05) is 19.2 Å². The Morgan fingerprint density at radius 3 is 2.76 bits per heavy atom. The molecule has 1 aromatic carbocycles. The number of nitrogens with zero attached hydrogens (tertiary/aromatic N) is 2. The van der Waals surface area contributed by atoms with Crippen LogP contribution in [0.25, 0.3) is 0 Å². The van der Waals surface area contributed by atoms with E-state index in [9.17, 15) is 9.59 Å². The van der Waals surface area contributed by atoms with Crippen molar-refractivity contribution in [2.45, 2.75) is 19.0 Å². The summed E-state index contributed by atoms with van der Waals surface area (Å²) >= 11 is 0. The standard InChI is InChI=1S/C15H16N4O2/c20-14-9-19(8-11-4-2-1-3-5-11)15(21)13(18-14)6-12-7-16-10-17-12/h1-5,7,10,13H,6,8-9H2,(H,16,17)(H,18,20)/t13-/m1/s1. The first-order valence-electron chi connectivity index (χ1n) is 6.82. The zero-order chi connectivity index (χ0) is 14.7. The number of imidazole rings is 1. The number of aromatic amines is 1. The second-order valence-electron chi connectivity index (χ2n) is 5.06. The number of carbonyl (C=O) groups excluding carboxylic acids is 2. The normalized spacial score (nSPS) is 18.7. The van der Waals surface area contributed by atoms with Gasteiger partial charge >= 0.3 is 0 Å². The SMILES string of the molecule is O=C1CN(Cc2ccccc2)C(=O)[C@@H](Cc2c[nH]cn2)N1. The van der Waals surface area contributed by atoms with Crippen molar-refractivity contribution in [2.75, 3.05) is 6.54 Å². The van der Waals surface area contributed by atoms with Gasteiger partial charge in [0.2, 0.25) is 11.8 Å². The van der Waals surface area contributed by atoms with Gasteiger partial charge in [-0.15, -0.1) is 0 Å². The number of benzene rings is 1.